The van der Waals surface area contributed by atoms with Crippen LogP contribution in [-0.2, 0) is 9.53 Å². The van der Waals surface area contributed by atoms with Gasteiger partial charge in [0.2, 0.25) is 5.62 Å². The number of nitrogens with zero attached hydrogens (tertiary/aromatic N) is 3. The van der Waals surface area contributed by atoms with Crippen molar-refractivity contribution in [1.29, 1.82) is 0 Å². The summed E-state index contributed by atoms with van der Waals surface area (Å²) in [5.74, 6) is -0.606. The molecule has 2 aliphatic rings. The molecule has 1 aliphatic heterocycles. The molecule has 1 saturated heterocycles. The van der Waals surface area contributed by atoms with Gasteiger partial charge >= 0.3 is 0 Å². The van der Waals surface area contributed by atoms with E-state index in [1.807, 2.05) is 22.8 Å². The molecule has 36 heavy (non-hydrogen) atoms. The number of rotatable bonds is 5. The number of aromatic amines is 1. The third kappa shape index (κ3) is 4.83. The Morgan fingerprint density at radius 3 is 2.86 bits per heavy atom. The molecule has 2 N–H and O–H groups in total. The lowest BCUT2D eigenvalue weighted by Crippen LogP contribution is -2.41. The van der Waals surface area contributed by atoms with Crippen molar-refractivity contribution in [1.82, 2.24) is 9.55 Å². The highest BCUT2D eigenvalue weighted by Crippen LogP contribution is 2.34. The van der Waals surface area contributed by atoms with E-state index in [2.05, 4.69) is 9.98 Å². The van der Waals surface area contributed by atoms with Crippen molar-refractivity contribution < 1.29 is 28.2 Å². The van der Waals surface area contributed by atoms with E-state index < -0.39 is 12.3 Å². The first-order valence-electron chi connectivity index (χ1n) is 12.1. The lowest BCUT2D eigenvalue weighted by Gasteiger charge is -2.29. The first-order valence-corrected chi connectivity index (χ1v) is 12.1. The van der Waals surface area contributed by atoms with Crippen LogP contribution in [0.3, 0.4) is 0 Å². The maximum Gasteiger partial charge on any atom is 0.280 e. The lowest BCUT2D eigenvalue weighted by molar-refractivity contribution is -0.125. The Bertz CT molecular complexity index is 1350. The minimum absolute atomic E-state index is 0.000494. The number of ether oxygens (including phenoxy) is 1. The highest BCUT2D eigenvalue weighted by molar-refractivity contribution is 5.97. The minimum Gasteiger partial charge on any atom is -0.396 e. The molecular weight excluding hydrogens is 470 g/mol. The van der Waals surface area contributed by atoms with Crippen LogP contribution in [0.1, 0.15) is 54.1 Å². The molecule has 10 heteroatoms. The highest BCUT2D eigenvalue weighted by atomic mass is 19.3. The number of carbonyl (C=O) groups excluding carboxylic acids is 2. The van der Waals surface area contributed by atoms with Gasteiger partial charge in [-0.05, 0) is 55.5 Å². The molecular formula is C26H28F2N4O4. The van der Waals surface area contributed by atoms with E-state index in [4.69, 9.17) is 4.74 Å². The molecule has 0 radical (unpaired) electrons. The molecule has 2 amide bonds. The van der Waals surface area contributed by atoms with Crippen molar-refractivity contribution in [2.45, 2.75) is 38.2 Å². The highest BCUT2D eigenvalue weighted by Gasteiger charge is 2.26. The first kappa shape index (κ1) is 24.3. The Balaban J connectivity index is 1.60. The SMILES string of the molecule is O=C(/N=c1\[nH]c2cc(N3CCOCC3=O)ccc2n1C1CCCC(CO)C1)c1cccc(C(F)F)c1. The average molecular weight is 499 g/mol. The number of aromatic nitrogens is 2. The van der Waals surface area contributed by atoms with Crippen molar-refractivity contribution in [3.8, 4) is 0 Å². The van der Waals surface area contributed by atoms with Crippen LogP contribution in [0.4, 0.5) is 14.5 Å². The van der Waals surface area contributed by atoms with Gasteiger partial charge in [-0.15, -0.1) is 0 Å². The Hall–Kier alpha value is -3.37. The van der Waals surface area contributed by atoms with E-state index in [0.717, 1.165) is 37.3 Å². The third-order valence-corrected chi connectivity index (χ3v) is 6.98. The van der Waals surface area contributed by atoms with Gasteiger partial charge in [-0.1, -0.05) is 18.6 Å². The van der Waals surface area contributed by atoms with Gasteiger partial charge in [-0.25, -0.2) is 8.78 Å². The van der Waals surface area contributed by atoms with Crippen LogP contribution in [-0.4, -0.2) is 52.8 Å². The number of aliphatic hydroxyl groups is 1. The number of carbonyl (C=O) groups is 2. The summed E-state index contributed by atoms with van der Waals surface area (Å²) >= 11 is 0. The van der Waals surface area contributed by atoms with E-state index >= 15 is 0 Å². The minimum atomic E-state index is -2.69. The summed E-state index contributed by atoms with van der Waals surface area (Å²) < 4.78 is 33.5. The topological polar surface area (TPSA) is 99.9 Å². The van der Waals surface area contributed by atoms with E-state index in [-0.39, 0.29) is 42.2 Å². The molecule has 1 saturated carbocycles. The molecule has 2 fully saturated rings. The molecule has 0 bridgehead atoms. The number of nitrogens with one attached hydrogen (secondary N) is 1. The van der Waals surface area contributed by atoms with Gasteiger partial charge in [0.15, 0.2) is 0 Å². The van der Waals surface area contributed by atoms with Gasteiger partial charge in [0.05, 0.1) is 17.6 Å². The summed E-state index contributed by atoms with van der Waals surface area (Å²) in [6.07, 6.45) is 0.769. The van der Waals surface area contributed by atoms with Gasteiger partial charge in [0, 0.05) is 36.0 Å². The van der Waals surface area contributed by atoms with E-state index in [1.54, 1.807) is 4.90 Å². The second-order valence-corrected chi connectivity index (χ2v) is 9.33. The van der Waals surface area contributed by atoms with Crippen molar-refractivity contribution in [2.24, 2.45) is 10.9 Å². The van der Waals surface area contributed by atoms with Crippen LogP contribution in [0.25, 0.3) is 11.0 Å². The largest absolute Gasteiger partial charge is 0.396 e. The molecule has 2 atom stereocenters. The fourth-order valence-electron chi connectivity index (χ4n) is 5.17. The zero-order valence-corrected chi connectivity index (χ0v) is 19.7. The van der Waals surface area contributed by atoms with E-state index in [0.29, 0.717) is 30.0 Å². The molecule has 2 aromatic carbocycles. The average Bonchev–Trinajstić information content (AvgIpc) is 3.26. The number of amides is 2. The van der Waals surface area contributed by atoms with Gasteiger partial charge < -0.3 is 24.3 Å². The fraction of sp³-hybridized carbons (Fsp3) is 0.423. The summed E-state index contributed by atoms with van der Waals surface area (Å²) in [6.45, 7) is 1.02. The third-order valence-electron chi connectivity index (χ3n) is 6.98. The molecule has 0 spiro atoms. The van der Waals surface area contributed by atoms with Gasteiger partial charge in [0.25, 0.3) is 18.2 Å². The normalized spacial score (nSPS) is 21.5. The van der Waals surface area contributed by atoms with Gasteiger partial charge in [-0.2, -0.15) is 4.99 Å². The number of fused-ring (bicyclic) bond motifs is 1. The number of anilines is 1. The molecule has 8 nitrogen and oxygen atoms in total. The summed E-state index contributed by atoms with van der Waals surface area (Å²) in [6, 6.07) is 10.9. The zero-order valence-electron chi connectivity index (χ0n) is 19.7. The predicted octanol–water partition coefficient (Wildman–Crippen LogP) is 3.73. The molecule has 2 heterocycles. The Labute approximate surface area is 206 Å². The second kappa shape index (κ2) is 10.3. The summed E-state index contributed by atoms with van der Waals surface area (Å²) in [5.41, 5.74) is 2.38. The Morgan fingerprint density at radius 2 is 2.08 bits per heavy atom. The predicted molar refractivity (Wildman–Crippen MR) is 129 cm³/mol. The number of aliphatic hydroxyl groups excluding tert-OH is 1. The van der Waals surface area contributed by atoms with Crippen molar-refractivity contribution in [3.63, 3.8) is 0 Å². The number of hydrogen-bond acceptors (Lipinski definition) is 4. The molecule has 1 aliphatic carbocycles. The Morgan fingerprint density at radius 1 is 1.22 bits per heavy atom. The summed E-state index contributed by atoms with van der Waals surface area (Å²) in [4.78, 5) is 34.6. The molecule has 190 valence electrons. The van der Waals surface area contributed by atoms with Crippen molar-refractivity contribution in [3.05, 3.63) is 59.2 Å². The zero-order chi connectivity index (χ0) is 25.2. The van der Waals surface area contributed by atoms with Crippen LogP contribution in [0.2, 0.25) is 0 Å². The van der Waals surface area contributed by atoms with E-state index in [9.17, 15) is 23.5 Å². The van der Waals surface area contributed by atoms with E-state index in [1.165, 1.54) is 18.2 Å². The lowest BCUT2D eigenvalue weighted by atomic mass is 9.86. The fourth-order valence-corrected chi connectivity index (χ4v) is 5.17. The van der Waals surface area contributed by atoms with Crippen LogP contribution in [0.5, 0.6) is 0 Å². The first-order chi connectivity index (χ1) is 17.4. The Kier molecular flexibility index (Phi) is 6.97. The number of morpholine rings is 1. The number of H-pyrrole nitrogens is 1. The monoisotopic (exact) mass is 498 g/mol. The quantitative estimate of drug-likeness (QED) is 0.560. The van der Waals surface area contributed by atoms with Gasteiger partial charge in [-0.3, -0.25) is 9.59 Å². The molecule has 1 aromatic heterocycles. The van der Waals surface area contributed by atoms with Crippen molar-refractivity contribution >= 4 is 28.5 Å². The maximum absolute atomic E-state index is 13.2. The molecule has 2 unspecified atom stereocenters. The van der Waals surface area contributed by atoms with Gasteiger partial charge in [0.1, 0.15) is 6.61 Å². The number of hydrogen-bond donors (Lipinski definition) is 2. The number of benzene rings is 2. The van der Waals surface area contributed by atoms with Crippen LogP contribution < -0.4 is 10.5 Å². The maximum atomic E-state index is 13.2. The summed E-state index contributed by atoms with van der Waals surface area (Å²) in [5, 5.41) is 9.76. The standard InChI is InChI=1S/C26H28F2N4O4/c27-24(28)17-4-2-5-18(12-17)25(35)30-26-29-21-13-19(31-9-10-36-15-23(31)34)7-8-22(21)32(26)20-6-1-3-16(11-20)14-33/h2,4-5,7-8,12-13,16,20,24,33H,1,3,6,9-11,14-15H2,(H,29,30,35). The molecule has 3 aromatic rings. The van der Waals surface area contributed by atoms with Crippen LogP contribution >= 0.6 is 0 Å². The number of alkyl halides is 2. The van der Waals surface area contributed by atoms with Crippen LogP contribution in [0, 0.1) is 5.92 Å². The number of halogens is 2. The van der Waals surface area contributed by atoms with Crippen molar-refractivity contribution in [2.75, 3.05) is 31.3 Å². The summed E-state index contributed by atoms with van der Waals surface area (Å²) in [7, 11) is 0. The van der Waals surface area contributed by atoms with Crippen LogP contribution in [0.15, 0.2) is 47.5 Å². The smallest absolute Gasteiger partial charge is 0.280 e. The number of imidazole rings is 1. The second-order valence-electron chi connectivity index (χ2n) is 9.33. The molecule has 5 rings (SSSR count).